The van der Waals surface area contributed by atoms with E-state index in [4.69, 9.17) is 23.2 Å². The van der Waals surface area contributed by atoms with Crippen LogP contribution >= 0.6 is 23.2 Å². The quantitative estimate of drug-likeness (QED) is 0.253. The molecule has 0 unspecified atom stereocenters. The summed E-state index contributed by atoms with van der Waals surface area (Å²) in [6.07, 6.45) is -15.6. The van der Waals surface area contributed by atoms with Crippen molar-refractivity contribution in [2.75, 3.05) is 0 Å². The van der Waals surface area contributed by atoms with E-state index in [2.05, 4.69) is 9.98 Å². The highest BCUT2D eigenvalue weighted by atomic mass is 35.5. The van der Waals surface area contributed by atoms with E-state index in [-0.39, 0.29) is 18.7 Å². The first-order chi connectivity index (χ1) is 15.6. The standard InChI is InChI=1S/C20H10Cl2F9N3/c21-15-8-14(20(29,30)31)33-17(34(15)9-10-4-2-1-3-5-10)32-13-7-11(18(23,24)25)6-12(16(13)22)19(26,27)28/h1-8H,9H2. The second-order valence-electron chi connectivity index (χ2n) is 6.80. The fourth-order valence-electron chi connectivity index (χ4n) is 2.80. The molecule has 34 heavy (non-hydrogen) atoms. The van der Waals surface area contributed by atoms with E-state index in [1.54, 1.807) is 30.3 Å². The number of halogens is 11. The number of benzene rings is 2. The highest BCUT2D eigenvalue weighted by Gasteiger charge is 2.39. The molecule has 0 saturated carbocycles. The molecule has 0 aliphatic heterocycles. The lowest BCUT2D eigenvalue weighted by atomic mass is 10.1. The molecule has 0 spiro atoms. The Balaban J connectivity index is 2.36. The SMILES string of the molecule is FC(F)(F)c1cc(N=c2nc(C(F)(F)F)cc(Cl)n2Cc2ccccc2)c(Cl)c(C(F)(F)F)c1. The average Bonchev–Trinajstić information content (AvgIpc) is 2.70. The third-order valence-corrected chi connectivity index (χ3v) is 5.07. The molecule has 0 fully saturated rings. The molecule has 14 heteroatoms. The second-order valence-corrected chi connectivity index (χ2v) is 7.56. The lowest BCUT2D eigenvalue weighted by Crippen LogP contribution is -2.29. The summed E-state index contributed by atoms with van der Waals surface area (Å²) in [7, 11) is 0. The molecule has 1 aromatic heterocycles. The van der Waals surface area contributed by atoms with Crippen LogP contribution in [0.5, 0.6) is 0 Å². The van der Waals surface area contributed by atoms with Crippen LogP contribution in [0.1, 0.15) is 22.4 Å². The van der Waals surface area contributed by atoms with Crippen LogP contribution in [0.3, 0.4) is 0 Å². The van der Waals surface area contributed by atoms with Gasteiger partial charge in [0.15, 0.2) is 5.69 Å². The molecular weight excluding hydrogens is 524 g/mol. The Morgan fingerprint density at radius 1 is 0.794 bits per heavy atom. The number of alkyl halides is 9. The Kier molecular flexibility index (Phi) is 6.96. The largest absolute Gasteiger partial charge is 0.433 e. The first kappa shape index (κ1) is 25.9. The van der Waals surface area contributed by atoms with Crippen LogP contribution in [0.2, 0.25) is 10.2 Å². The summed E-state index contributed by atoms with van der Waals surface area (Å²) in [4.78, 5) is 6.84. The number of nitrogens with zero attached hydrogens (tertiary/aromatic N) is 3. The molecule has 0 aliphatic carbocycles. The molecule has 0 saturated heterocycles. The van der Waals surface area contributed by atoms with Crippen LogP contribution in [-0.2, 0) is 25.1 Å². The molecule has 0 radical (unpaired) electrons. The molecule has 0 amide bonds. The third-order valence-electron chi connectivity index (χ3n) is 4.36. The fraction of sp³-hybridized carbons (Fsp3) is 0.200. The Morgan fingerprint density at radius 3 is 1.94 bits per heavy atom. The average molecular weight is 534 g/mol. The van der Waals surface area contributed by atoms with Crippen LogP contribution in [0.15, 0.2) is 53.5 Å². The molecule has 2 aromatic carbocycles. The topological polar surface area (TPSA) is 30.2 Å². The zero-order valence-electron chi connectivity index (χ0n) is 16.3. The number of rotatable bonds is 3. The van der Waals surface area contributed by atoms with Crippen molar-refractivity contribution in [3.63, 3.8) is 0 Å². The second kappa shape index (κ2) is 9.14. The minimum Gasteiger partial charge on any atom is -0.296 e. The van der Waals surface area contributed by atoms with Crippen LogP contribution in [-0.4, -0.2) is 9.55 Å². The van der Waals surface area contributed by atoms with Crippen LogP contribution in [0.4, 0.5) is 45.2 Å². The van der Waals surface area contributed by atoms with E-state index in [1.165, 1.54) is 0 Å². The molecular formula is C20H10Cl2F9N3. The first-order valence-electron chi connectivity index (χ1n) is 8.98. The zero-order chi connectivity index (χ0) is 25.5. The van der Waals surface area contributed by atoms with Gasteiger partial charge < -0.3 is 0 Å². The van der Waals surface area contributed by atoms with Gasteiger partial charge in [-0.05, 0) is 17.7 Å². The molecule has 182 valence electrons. The van der Waals surface area contributed by atoms with Crippen molar-refractivity contribution in [2.45, 2.75) is 25.1 Å². The maximum atomic E-state index is 13.3. The van der Waals surface area contributed by atoms with Crippen LogP contribution < -0.4 is 5.62 Å². The normalized spacial score (nSPS) is 13.4. The van der Waals surface area contributed by atoms with Gasteiger partial charge >= 0.3 is 18.5 Å². The van der Waals surface area contributed by atoms with Gasteiger partial charge in [-0.1, -0.05) is 53.5 Å². The van der Waals surface area contributed by atoms with E-state index < -0.39 is 56.8 Å². The number of aromatic nitrogens is 2. The molecule has 3 aromatic rings. The van der Waals surface area contributed by atoms with Gasteiger partial charge in [-0.15, -0.1) is 0 Å². The molecule has 1 heterocycles. The van der Waals surface area contributed by atoms with E-state index in [1.807, 2.05) is 0 Å². The Bertz CT molecular complexity index is 1260. The summed E-state index contributed by atoms with van der Waals surface area (Å²) < 4.78 is 120. The molecule has 3 nitrogen and oxygen atoms in total. The Morgan fingerprint density at radius 2 is 1.41 bits per heavy atom. The summed E-state index contributed by atoms with van der Waals surface area (Å²) in [5.41, 5.74) is -6.68. The van der Waals surface area contributed by atoms with Crippen molar-refractivity contribution in [1.29, 1.82) is 0 Å². The van der Waals surface area contributed by atoms with E-state index in [9.17, 15) is 39.5 Å². The molecule has 0 atom stereocenters. The van der Waals surface area contributed by atoms with Crippen LogP contribution in [0, 0.1) is 0 Å². The van der Waals surface area contributed by atoms with Gasteiger partial charge in [0, 0.05) is 6.07 Å². The van der Waals surface area contributed by atoms with Crippen molar-refractivity contribution >= 4 is 28.9 Å². The first-order valence-corrected chi connectivity index (χ1v) is 9.74. The molecule has 3 rings (SSSR count). The summed E-state index contributed by atoms with van der Waals surface area (Å²) in [6.45, 7) is -0.244. The van der Waals surface area contributed by atoms with Gasteiger partial charge in [0.25, 0.3) is 0 Å². The highest BCUT2D eigenvalue weighted by Crippen LogP contribution is 2.43. The van der Waals surface area contributed by atoms with Crippen molar-refractivity contribution in [2.24, 2.45) is 4.99 Å². The minimum absolute atomic E-state index is 0.181. The van der Waals surface area contributed by atoms with Crippen molar-refractivity contribution in [3.05, 3.63) is 86.7 Å². The maximum absolute atomic E-state index is 13.3. The maximum Gasteiger partial charge on any atom is 0.433 e. The van der Waals surface area contributed by atoms with Gasteiger partial charge in [-0.3, -0.25) is 4.57 Å². The minimum atomic E-state index is -5.30. The highest BCUT2D eigenvalue weighted by molar-refractivity contribution is 6.33. The predicted octanol–water partition coefficient (Wildman–Crippen LogP) is 7.53. The monoisotopic (exact) mass is 533 g/mol. The van der Waals surface area contributed by atoms with Gasteiger partial charge in [-0.2, -0.15) is 39.5 Å². The lowest BCUT2D eigenvalue weighted by molar-refractivity contribution is -0.143. The smallest absolute Gasteiger partial charge is 0.296 e. The summed E-state index contributed by atoms with van der Waals surface area (Å²) in [5.74, 6) is 0. The number of hydrogen-bond donors (Lipinski definition) is 0. The zero-order valence-corrected chi connectivity index (χ0v) is 17.8. The van der Waals surface area contributed by atoms with Gasteiger partial charge in [0.1, 0.15) is 5.15 Å². The predicted molar refractivity (Wildman–Crippen MR) is 104 cm³/mol. The third kappa shape index (κ3) is 5.84. The van der Waals surface area contributed by atoms with Crippen molar-refractivity contribution in [3.8, 4) is 0 Å². The lowest BCUT2D eigenvalue weighted by Gasteiger charge is -2.16. The van der Waals surface area contributed by atoms with E-state index >= 15 is 0 Å². The summed E-state index contributed by atoms with van der Waals surface area (Å²) >= 11 is 11.6. The van der Waals surface area contributed by atoms with Gasteiger partial charge in [0.05, 0.1) is 28.4 Å². The molecule has 0 aliphatic rings. The van der Waals surface area contributed by atoms with Crippen molar-refractivity contribution in [1.82, 2.24) is 9.55 Å². The molecule has 0 bridgehead atoms. The summed E-state index contributed by atoms with van der Waals surface area (Å²) in [6, 6.07) is 8.38. The summed E-state index contributed by atoms with van der Waals surface area (Å²) in [5, 5.41) is -1.81. The Hall–Kier alpha value is -2.73. The molecule has 0 N–H and O–H groups in total. The van der Waals surface area contributed by atoms with Gasteiger partial charge in [-0.25, -0.2) is 9.98 Å². The van der Waals surface area contributed by atoms with Crippen LogP contribution in [0.25, 0.3) is 0 Å². The van der Waals surface area contributed by atoms with Crippen molar-refractivity contribution < 1.29 is 39.5 Å². The van der Waals surface area contributed by atoms with E-state index in [0.717, 1.165) is 4.57 Å². The number of hydrogen-bond acceptors (Lipinski definition) is 2. The fourth-order valence-corrected chi connectivity index (χ4v) is 3.29. The van der Waals surface area contributed by atoms with E-state index in [0.29, 0.717) is 11.6 Å². The Labute approximate surface area is 195 Å². The van der Waals surface area contributed by atoms with Gasteiger partial charge in [0.2, 0.25) is 5.62 Å².